The predicted octanol–water partition coefficient (Wildman–Crippen LogP) is 2.68. The molecule has 0 spiro atoms. The van der Waals surface area contributed by atoms with Crippen molar-refractivity contribution in [2.75, 3.05) is 6.61 Å². The van der Waals surface area contributed by atoms with Gasteiger partial charge in [0.1, 0.15) is 4.75 Å². The number of nitrogens with zero attached hydrogens (tertiary/aromatic N) is 1. The maximum Gasteiger partial charge on any atom is 0.424 e. The molecule has 2 saturated heterocycles. The fourth-order valence-electron chi connectivity index (χ4n) is 5.87. The van der Waals surface area contributed by atoms with Crippen LogP contribution in [0.25, 0.3) is 0 Å². The average Bonchev–Trinajstić information content (AvgIpc) is 2.71. The van der Waals surface area contributed by atoms with E-state index in [-0.39, 0.29) is 6.61 Å². The Kier molecular flexibility index (Phi) is 2.35. The molecule has 3 aliphatic carbocycles. The Morgan fingerprint density at radius 1 is 1.10 bits per heavy atom. The molecule has 1 saturated carbocycles. The zero-order valence-corrected chi connectivity index (χ0v) is 14.5. The van der Waals surface area contributed by atoms with Crippen molar-refractivity contribution in [1.82, 2.24) is 4.31 Å². The van der Waals surface area contributed by atoms with Gasteiger partial charge >= 0.3 is 6.09 Å². The molecule has 6 heteroatoms. The summed E-state index contributed by atoms with van der Waals surface area (Å²) < 4.78 is 31.4. The van der Waals surface area contributed by atoms with Crippen LogP contribution < -0.4 is 0 Å². The number of hydrogen-bond donors (Lipinski definition) is 0. The van der Waals surface area contributed by atoms with E-state index in [1.165, 1.54) is 0 Å². The van der Waals surface area contributed by atoms with Crippen LogP contribution in [-0.2, 0) is 14.8 Å². The summed E-state index contributed by atoms with van der Waals surface area (Å²) >= 11 is 0. The molecule has 3 fully saturated rings. The Balaban J connectivity index is 2.33. The van der Waals surface area contributed by atoms with Crippen LogP contribution in [0, 0.1) is 10.8 Å². The van der Waals surface area contributed by atoms with Gasteiger partial charge in [-0.05, 0) is 34.6 Å². The minimum Gasteiger partial charge on any atom is -0.449 e. The number of carbonyl (C=O) groups excluding carboxylic acids is 1. The second kappa shape index (κ2) is 3.31. The van der Waals surface area contributed by atoms with E-state index < -0.39 is 37.2 Å². The van der Waals surface area contributed by atoms with Crippen molar-refractivity contribution >= 4 is 16.1 Å². The molecule has 2 atom stereocenters. The monoisotopic (exact) mass is 313 g/mol. The van der Waals surface area contributed by atoms with E-state index in [1.807, 2.05) is 34.6 Å². The van der Waals surface area contributed by atoms with E-state index in [2.05, 4.69) is 0 Å². The Morgan fingerprint density at radius 2 is 1.52 bits per heavy atom. The topological polar surface area (TPSA) is 63.7 Å². The van der Waals surface area contributed by atoms with Gasteiger partial charge in [0.25, 0.3) is 0 Å². The molecule has 5 nitrogen and oxygen atoms in total. The van der Waals surface area contributed by atoms with Gasteiger partial charge in [-0.2, -0.15) is 4.31 Å². The molecule has 0 aromatic carbocycles. The van der Waals surface area contributed by atoms with Gasteiger partial charge in [0.05, 0.1) is 12.1 Å². The van der Waals surface area contributed by atoms with E-state index in [9.17, 15) is 13.2 Å². The molecule has 0 aromatic heterocycles. The zero-order valence-electron chi connectivity index (χ0n) is 13.7. The third kappa shape index (κ3) is 0.875. The molecule has 0 N–H and O–H groups in total. The summed E-state index contributed by atoms with van der Waals surface area (Å²) in [5.41, 5.74) is 0.263. The van der Waals surface area contributed by atoms with Crippen molar-refractivity contribution in [1.29, 1.82) is 0 Å². The van der Waals surface area contributed by atoms with Crippen molar-refractivity contribution in [2.45, 2.75) is 58.8 Å². The molecule has 5 rings (SSSR count). The number of rotatable bonds is 1. The predicted molar refractivity (Wildman–Crippen MR) is 79.2 cm³/mol. The Labute approximate surface area is 126 Å². The van der Waals surface area contributed by atoms with E-state index in [0.29, 0.717) is 0 Å². The molecule has 2 aliphatic heterocycles. The lowest BCUT2D eigenvalue weighted by Gasteiger charge is -2.65. The highest BCUT2D eigenvalue weighted by atomic mass is 32.2. The van der Waals surface area contributed by atoms with Crippen LogP contribution in [0.3, 0.4) is 0 Å². The van der Waals surface area contributed by atoms with Crippen molar-refractivity contribution in [3.05, 3.63) is 11.1 Å². The van der Waals surface area contributed by atoms with E-state index in [0.717, 1.165) is 15.5 Å². The number of hydrogen-bond acceptors (Lipinski definition) is 4. The summed E-state index contributed by atoms with van der Waals surface area (Å²) in [5.74, 6) is 0. The molecule has 0 radical (unpaired) electrons. The van der Waals surface area contributed by atoms with Crippen LogP contribution in [0.4, 0.5) is 4.79 Å². The van der Waals surface area contributed by atoms with Gasteiger partial charge < -0.3 is 4.74 Å². The highest BCUT2D eigenvalue weighted by Crippen LogP contribution is 2.88. The minimum absolute atomic E-state index is 0.163. The third-order valence-corrected chi connectivity index (χ3v) is 10.4. The second-order valence-electron chi connectivity index (χ2n) is 7.07. The maximum absolute atomic E-state index is 13.1. The fraction of sp³-hybridized carbons (Fsp3) is 0.800. The quantitative estimate of drug-likeness (QED) is 0.698. The lowest BCUT2D eigenvalue weighted by Crippen LogP contribution is -2.76. The van der Waals surface area contributed by atoms with Gasteiger partial charge in [-0.15, -0.1) is 0 Å². The summed E-state index contributed by atoms with van der Waals surface area (Å²) in [7, 11) is -3.77. The molecule has 118 valence electrons. The SMILES string of the molecule is CCOC(=O)N1C2(C)[C@@]3(C)C(C)=C(C)[C@@]2(C)C3(C)S1(=O)=O. The summed E-state index contributed by atoms with van der Waals surface area (Å²) in [5, 5.41) is 0. The zero-order chi connectivity index (χ0) is 16.2. The number of carbonyl (C=O) groups is 1. The molecular formula is C15H23NO4S. The minimum atomic E-state index is -3.77. The molecule has 21 heavy (non-hydrogen) atoms. The van der Waals surface area contributed by atoms with Crippen molar-refractivity contribution in [3.8, 4) is 0 Å². The third-order valence-electron chi connectivity index (χ3n) is 7.51. The van der Waals surface area contributed by atoms with Gasteiger partial charge in [-0.1, -0.05) is 25.0 Å². The van der Waals surface area contributed by atoms with E-state index in [4.69, 9.17) is 4.74 Å². The van der Waals surface area contributed by atoms with Gasteiger partial charge in [0.15, 0.2) is 0 Å². The number of sulfonamides is 1. The molecule has 4 bridgehead atoms. The first-order chi connectivity index (χ1) is 9.42. The molecule has 0 unspecified atom stereocenters. The smallest absolute Gasteiger partial charge is 0.424 e. The average molecular weight is 313 g/mol. The molecule has 5 aliphatic rings. The lowest BCUT2D eigenvalue weighted by molar-refractivity contribution is -0.108. The first-order valence-electron chi connectivity index (χ1n) is 7.32. The van der Waals surface area contributed by atoms with Crippen LogP contribution in [0.2, 0.25) is 0 Å². The van der Waals surface area contributed by atoms with Crippen LogP contribution in [-0.4, -0.2) is 35.7 Å². The van der Waals surface area contributed by atoms with Gasteiger partial charge in [-0.25, -0.2) is 13.2 Å². The largest absolute Gasteiger partial charge is 0.449 e. The van der Waals surface area contributed by atoms with Crippen LogP contribution >= 0.6 is 0 Å². The number of fused-ring (bicyclic) bond motifs is 1. The van der Waals surface area contributed by atoms with Crippen LogP contribution in [0.15, 0.2) is 11.1 Å². The number of amides is 1. The highest BCUT2D eigenvalue weighted by Gasteiger charge is 2.98. The number of ether oxygens (including phenoxy) is 1. The van der Waals surface area contributed by atoms with Crippen LogP contribution in [0.1, 0.15) is 48.5 Å². The maximum atomic E-state index is 13.1. The van der Waals surface area contributed by atoms with Crippen molar-refractivity contribution in [3.63, 3.8) is 0 Å². The summed E-state index contributed by atoms with van der Waals surface area (Å²) in [4.78, 5) is 12.4. The van der Waals surface area contributed by atoms with E-state index in [1.54, 1.807) is 13.8 Å². The Morgan fingerprint density at radius 3 is 1.86 bits per heavy atom. The standard InChI is InChI=1S/C15H23NO4S/c1-8-20-11(17)16-14(6)12(4)9(2)10(3)13(14,5)15(12,7)21(16,18)19/h8H2,1-7H3/t12-,13-,14?,15?/m1/s1. The van der Waals surface area contributed by atoms with Gasteiger partial charge in [0.2, 0.25) is 10.0 Å². The lowest BCUT2D eigenvalue weighted by atomic mass is 9.39. The second-order valence-corrected chi connectivity index (χ2v) is 9.21. The fourth-order valence-corrected chi connectivity index (χ4v) is 9.07. The van der Waals surface area contributed by atoms with Gasteiger partial charge in [0, 0.05) is 10.8 Å². The molecule has 0 aromatic rings. The molecule has 2 heterocycles. The molecule has 1 amide bonds. The summed E-state index contributed by atoms with van der Waals surface area (Å²) in [6.45, 7) is 13.4. The summed E-state index contributed by atoms with van der Waals surface area (Å²) in [6, 6.07) is 0. The van der Waals surface area contributed by atoms with Crippen LogP contribution in [0.5, 0.6) is 0 Å². The van der Waals surface area contributed by atoms with Crippen molar-refractivity contribution < 1.29 is 17.9 Å². The highest BCUT2D eigenvalue weighted by molar-refractivity contribution is 7.91. The first kappa shape index (κ1) is 14.9. The van der Waals surface area contributed by atoms with E-state index >= 15 is 0 Å². The normalized spacial score (nSPS) is 49.4. The van der Waals surface area contributed by atoms with Gasteiger partial charge in [-0.3, -0.25) is 0 Å². The Hall–Kier alpha value is -1.04. The summed E-state index contributed by atoms with van der Waals surface area (Å²) in [6.07, 6.45) is -0.749. The molecular weight excluding hydrogens is 290 g/mol. The first-order valence-corrected chi connectivity index (χ1v) is 8.76. The Bertz CT molecular complexity index is 681. The van der Waals surface area contributed by atoms with Crippen molar-refractivity contribution in [2.24, 2.45) is 10.8 Å².